The smallest absolute Gasteiger partial charge is 0.245 e. The maximum absolute atomic E-state index is 11.9. The van der Waals surface area contributed by atoms with Crippen molar-refractivity contribution in [1.29, 1.82) is 0 Å². The number of tetrazole rings is 1. The number of carbonyl (C=O) groups is 3. The number of aromatic nitrogens is 4. The number of rotatable bonds is 17. The standard InChI is InChI=1S/C16H29N7O7S/c1-17-16(26)12-30-10-9-29-8-7-18-14(24)6-3-11-31(27,28)21-15(25)5-2-4-13-19-22-23-20-13/h2-12H2,1H3,(H,17,26)(H,18,24)(H,21,25)(H,19,20,22,23). The number of aryl methyl sites for hydroxylation is 1. The highest BCUT2D eigenvalue weighted by Crippen LogP contribution is 2.00. The van der Waals surface area contributed by atoms with Gasteiger partial charge in [0.05, 0.1) is 25.6 Å². The van der Waals surface area contributed by atoms with E-state index in [1.165, 1.54) is 7.05 Å². The predicted molar refractivity (Wildman–Crippen MR) is 107 cm³/mol. The largest absolute Gasteiger partial charge is 0.377 e. The summed E-state index contributed by atoms with van der Waals surface area (Å²) in [7, 11) is -2.29. The van der Waals surface area contributed by atoms with E-state index >= 15 is 0 Å². The highest BCUT2D eigenvalue weighted by atomic mass is 32.2. The molecule has 0 aliphatic carbocycles. The normalized spacial score (nSPS) is 11.1. The molecule has 3 amide bonds. The van der Waals surface area contributed by atoms with E-state index in [0.717, 1.165) is 0 Å². The van der Waals surface area contributed by atoms with Crippen molar-refractivity contribution in [1.82, 2.24) is 36.0 Å². The van der Waals surface area contributed by atoms with Gasteiger partial charge in [-0.05, 0) is 23.3 Å². The molecule has 4 N–H and O–H groups in total. The van der Waals surface area contributed by atoms with Gasteiger partial charge in [-0.3, -0.25) is 19.1 Å². The fourth-order valence-electron chi connectivity index (χ4n) is 2.21. The van der Waals surface area contributed by atoms with Gasteiger partial charge in [0.25, 0.3) is 0 Å². The molecule has 1 aromatic rings. The third-order valence-corrected chi connectivity index (χ3v) is 5.11. The molecule has 0 saturated carbocycles. The Kier molecular flexibility index (Phi) is 12.9. The third-order valence-electron chi connectivity index (χ3n) is 3.75. The summed E-state index contributed by atoms with van der Waals surface area (Å²) in [5.41, 5.74) is 0. The van der Waals surface area contributed by atoms with Gasteiger partial charge in [0.2, 0.25) is 27.7 Å². The van der Waals surface area contributed by atoms with E-state index in [1.54, 1.807) is 0 Å². The number of hydrogen-bond donors (Lipinski definition) is 4. The molecule has 0 aromatic carbocycles. The van der Waals surface area contributed by atoms with Crippen molar-refractivity contribution < 1.29 is 32.3 Å². The van der Waals surface area contributed by atoms with Crippen molar-refractivity contribution in [3.05, 3.63) is 5.82 Å². The number of nitrogens with zero attached hydrogens (tertiary/aromatic N) is 3. The van der Waals surface area contributed by atoms with E-state index in [9.17, 15) is 22.8 Å². The Bertz CT molecular complexity index is 771. The summed E-state index contributed by atoms with van der Waals surface area (Å²) in [6.45, 7) is 1.01. The molecule has 0 spiro atoms. The van der Waals surface area contributed by atoms with E-state index in [-0.39, 0.29) is 69.8 Å². The lowest BCUT2D eigenvalue weighted by atomic mass is 10.2. The van der Waals surface area contributed by atoms with Crippen LogP contribution in [0.15, 0.2) is 0 Å². The summed E-state index contributed by atoms with van der Waals surface area (Å²) in [5.74, 6) is -0.983. The highest BCUT2D eigenvalue weighted by Gasteiger charge is 2.15. The average molecular weight is 464 g/mol. The first-order valence-electron chi connectivity index (χ1n) is 9.71. The van der Waals surface area contributed by atoms with Crippen LogP contribution in [-0.2, 0) is 40.3 Å². The fraction of sp³-hybridized carbons (Fsp3) is 0.750. The predicted octanol–water partition coefficient (Wildman–Crippen LogP) is -2.36. The number of carbonyl (C=O) groups excluding carboxylic acids is 3. The van der Waals surface area contributed by atoms with Crippen molar-refractivity contribution in [3.63, 3.8) is 0 Å². The van der Waals surface area contributed by atoms with Gasteiger partial charge in [-0.2, -0.15) is 0 Å². The first-order valence-corrected chi connectivity index (χ1v) is 11.4. The highest BCUT2D eigenvalue weighted by molar-refractivity contribution is 7.90. The lowest BCUT2D eigenvalue weighted by Gasteiger charge is -2.08. The van der Waals surface area contributed by atoms with E-state index in [0.29, 0.717) is 18.7 Å². The van der Waals surface area contributed by atoms with Crippen molar-refractivity contribution in [2.45, 2.75) is 32.1 Å². The summed E-state index contributed by atoms with van der Waals surface area (Å²) in [5, 5.41) is 18.0. The Balaban J connectivity index is 2.02. The van der Waals surface area contributed by atoms with Crippen molar-refractivity contribution in [2.24, 2.45) is 0 Å². The Hall–Kier alpha value is -2.65. The molecule has 15 heteroatoms. The average Bonchev–Trinajstić information content (AvgIpc) is 3.22. The van der Waals surface area contributed by atoms with Crippen LogP contribution in [-0.4, -0.2) is 92.5 Å². The molecule has 0 bridgehead atoms. The monoisotopic (exact) mass is 463 g/mol. The van der Waals surface area contributed by atoms with Gasteiger partial charge in [0.15, 0.2) is 0 Å². The van der Waals surface area contributed by atoms with Crippen LogP contribution in [0.25, 0.3) is 0 Å². The van der Waals surface area contributed by atoms with Crippen LogP contribution in [0, 0.1) is 0 Å². The summed E-state index contributed by atoms with van der Waals surface area (Å²) in [6, 6.07) is 0. The van der Waals surface area contributed by atoms with Gasteiger partial charge in [0, 0.05) is 32.9 Å². The lowest BCUT2D eigenvalue weighted by Crippen LogP contribution is -2.33. The number of hydrogen-bond acceptors (Lipinski definition) is 10. The Morgan fingerprint density at radius 2 is 1.74 bits per heavy atom. The molecule has 0 aliphatic rings. The van der Waals surface area contributed by atoms with Crippen molar-refractivity contribution >= 4 is 27.7 Å². The quantitative estimate of drug-likeness (QED) is 0.182. The molecular weight excluding hydrogens is 434 g/mol. The minimum atomic E-state index is -3.80. The lowest BCUT2D eigenvalue weighted by molar-refractivity contribution is -0.126. The van der Waals surface area contributed by atoms with Crippen LogP contribution in [0.5, 0.6) is 0 Å². The van der Waals surface area contributed by atoms with Gasteiger partial charge in [-0.15, -0.1) is 5.10 Å². The van der Waals surface area contributed by atoms with Crippen LogP contribution < -0.4 is 15.4 Å². The number of ether oxygens (including phenoxy) is 2. The summed E-state index contributed by atoms with van der Waals surface area (Å²) >= 11 is 0. The molecule has 0 fully saturated rings. The van der Waals surface area contributed by atoms with Gasteiger partial charge in [-0.25, -0.2) is 13.5 Å². The van der Waals surface area contributed by atoms with Crippen molar-refractivity contribution in [3.8, 4) is 0 Å². The van der Waals surface area contributed by atoms with E-state index < -0.39 is 15.9 Å². The second kappa shape index (κ2) is 15.2. The van der Waals surface area contributed by atoms with Gasteiger partial charge in [0.1, 0.15) is 12.4 Å². The Labute approximate surface area is 180 Å². The Morgan fingerprint density at radius 3 is 2.45 bits per heavy atom. The number of amides is 3. The molecule has 31 heavy (non-hydrogen) atoms. The number of likely N-dealkylation sites (N-methyl/N-ethyl adjacent to an activating group) is 1. The zero-order chi connectivity index (χ0) is 23.0. The molecule has 1 heterocycles. The van der Waals surface area contributed by atoms with E-state index in [4.69, 9.17) is 9.47 Å². The van der Waals surface area contributed by atoms with Crippen LogP contribution >= 0.6 is 0 Å². The first-order chi connectivity index (χ1) is 14.8. The SMILES string of the molecule is CNC(=O)COCCOCCNC(=O)CCCS(=O)(=O)NC(=O)CCCc1nnn[nH]1. The molecule has 14 nitrogen and oxygen atoms in total. The van der Waals surface area contributed by atoms with Crippen LogP contribution in [0.4, 0.5) is 0 Å². The van der Waals surface area contributed by atoms with E-state index in [2.05, 4.69) is 31.3 Å². The molecule has 0 aliphatic heterocycles. The van der Waals surface area contributed by atoms with Crippen molar-refractivity contribution in [2.75, 3.05) is 45.8 Å². The fourth-order valence-corrected chi connectivity index (χ4v) is 3.28. The minimum Gasteiger partial charge on any atom is -0.377 e. The maximum atomic E-state index is 11.9. The molecule has 1 rings (SSSR count). The van der Waals surface area contributed by atoms with E-state index in [1.807, 2.05) is 4.72 Å². The first kappa shape index (κ1) is 26.4. The second-order valence-corrected chi connectivity index (χ2v) is 8.18. The van der Waals surface area contributed by atoms with Crippen LogP contribution in [0.3, 0.4) is 0 Å². The maximum Gasteiger partial charge on any atom is 0.245 e. The molecular formula is C16H29N7O7S. The Morgan fingerprint density at radius 1 is 1.00 bits per heavy atom. The number of H-pyrrole nitrogens is 1. The van der Waals surface area contributed by atoms with Gasteiger partial charge in [-0.1, -0.05) is 0 Å². The summed E-state index contributed by atoms with van der Waals surface area (Å²) in [6.07, 6.45) is 0.906. The minimum absolute atomic E-state index is 0.00281. The zero-order valence-corrected chi connectivity index (χ0v) is 18.2. The summed E-state index contributed by atoms with van der Waals surface area (Å²) < 4.78 is 36.1. The molecule has 0 atom stereocenters. The molecule has 0 radical (unpaired) electrons. The second-order valence-electron chi connectivity index (χ2n) is 6.34. The topological polar surface area (TPSA) is 194 Å². The number of sulfonamides is 1. The number of nitrogens with one attached hydrogen (secondary N) is 4. The number of aromatic amines is 1. The van der Waals surface area contributed by atoms with Crippen LogP contribution in [0.1, 0.15) is 31.5 Å². The van der Waals surface area contributed by atoms with Gasteiger partial charge < -0.3 is 20.1 Å². The summed E-state index contributed by atoms with van der Waals surface area (Å²) in [4.78, 5) is 34.4. The van der Waals surface area contributed by atoms with Crippen LogP contribution in [0.2, 0.25) is 0 Å². The molecule has 0 saturated heterocycles. The molecule has 1 aromatic heterocycles. The molecule has 176 valence electrons. The molecule has 0 unspecified atom stereocenters. The zero-order valence-electron chi connectivity index (χ0n) is 17.4. The van der Waals surface area contributed by atoms with Gasteiger partial charge >= 0.3 is 0 Å². The third kappa shape index (κ3) is 14.1.